The maximum atomic E-state index is 10.8. The van der Waals surface area contributed by atoms with Crippen LogP contribution in [-0.4, -0.2) is 5.94 Å². The molecule has 2 rings (SSSR count). The summed E-state index contributed by atoms with van der Waals surface area (Å²) >= 11 is 0. The molecule has 0 N–H and O–H groups in total. The molecule has 0 amide bonds. The highest BCUT2D eigenvalue weighted by Crippen LogP contribution is 2.32. The van der Waals surface area contributed by atoms with Gasteiger partial charge in [0.05, 0.1) is 0 Å². The molecule has 1 aromatic rings. The average molecular weight is 208 g/mol. The predicted molar refractivity (Wildman–Crippen MR) is 66.5 cm³/mol. The molecule has 0 saturated heterocycles. The summed E-state index contributed by atoms with van der Waals surface area (Å²) in [5.74, 6) is 1.92. The van der Waals surface area contributed by atoms with Crippen LogP contribution in [0.3, 0.4) is 0 Å². The topological polar surface area (TPSA) is 17.1 Å². The maximum Gasteiger partial charge on any atom is 0.128 e. The fourth-order valence-corrected chi connectivity index (χ4v) is 1.89. The van der Waals surface area contributed by atoms with E-state index in [2.05, 4.69) is 6.58 Å². The van der Waals surface area contributed by atoms with Gasteiger partial charge in [0.1, 0.15) is 5.94 Å². The molecule has 78 valence electrons. The van der Waals surface area contributed by atoms with Gasteiger partial charge in [0, 0.05) is 11.5 Å². The summed E-state index contributed by atoms with van der Waals surface area (Å²) in [6.07, 6.45) is 7.46. The van der Waals surface area contributed by atoms with Crippen molar-refractivity contribution >= 4 is 11.5 Å². The van der Waals surface area contributed by atoms with Crippen LogP contribution in [0.5, 0.6) is 0 Å². The van der Waals surface area contributed by atoms with Crippen LogP contribution >= 0.6 is 0 Å². The second-order valence-corrected chi connectivity index (χ2v) is 3.62. The first kappa shape index (κ1) is 10.4. The molecule has 1 heteroatoms. The van der Waals surface area contributed by atoms with Crippen LogP contribution in [0.2, 0.25) is 0 Å². The van der Waals surface area contributed by atoms with E-state index in [0.717, 1.165) is 11.1 Å². The lowest BCUT2D eigenvalue weighted by Gasteiger charge is -2.18. The van der Waals surface area contributed by atoms with Gasteiger partial charge in [0.2, 0.25) is 0 Å². The van der Waals surface area contributed by atoms with Crippen LogP contribution in [0.4, 0.5) is 0 Å². The lowest BCUT2D eigenvalue weighted by atomic mass is 9.84. The summed E-state index contributed by atoms with van der Waals surface area (Å²) in [6.45, 7) is 3.78. The molecule has 1 nitrogen and oxygen atoms in total. The van der Waals surface area contributed by atoms with Crippen molar-refractivity contribution < 1.29 is 4.79 Å². The molecule has 0 bridgehead atoms. The molecule has 0 heterocycles. The molecule has 0 aromatic heterocycles. The quantitative estimate of drug-likeness (QED) is 0.539. The van der Waals surface area contributed by atoms with Crippen molar-refractivity contribution in [3.05, 3.63) is 72.4 Å². The van der Waals surface area contributed by atoms with E-state index < -0.39 is 0 Å². The standard InChI is InChI=1S/C15H12O/c1-2-14-13(11-16)9-6-10-15(14)12-7-4-3-5-8-12/h2-10,14H,1H2. The van der Waals surface area contributed by atoms with Crippen LogP contribution < -0.4 is 0 Å². The minimum absolute atomic E-state index is 0.0510. The second-order valence-electron chi connectivity index (χ2n) is 3.62. The van der Waals surface area contributed by atoms with Crippen molar-refractivity contribution in [3.63, 3.8) is 0 Å². The highest BCUT2D eigenvalue weighted by atomic mass is 16.1. The Kier molecular flexibility index (Phi) is 3.00. The lowest BCUT2D eigenvalue weighted by molar-refractivity contribution is 0.566. The van der Waals surface area contributed by atoms with E-state index in [1.54, 1.807) is 12.2 Å². The Morgan fingerprint density at radius 1 is 1.25 bits per heavy atom. The van der Waals surface area contributed by atoms with Gasteiger partial charge in [-0.1, -0.05) is 48.6 Å². The Hall–Kier alpha value is -2.11. The Morgan fingerprint density at radius 3 is 2.62 bits per heavy atom. The first-order valence-electron chi connectivity index (χ1n) is 5.18. The number of allylic oxidation sites excluding steroid dienone is 6. The SMILES string of the molecule is C=CC1C(=C=O)C=CC=C1c1ccccc1. The molecule has 1 aliphatic carbocycles. The summed E-state index contributed by atoms with van der Waals surface area (Å²) in [5.41, 5.74) is 2.84. The van der Waals surface area contributed by atoms with Crippen LogP contribution in [0, 0.1) is 5.92 Å². The third kappa shape index (κ3) is 1.81. The fraction of sp³-hybridized carbons (Fsp3) is 0.0667. The third-order valence-corrected chi connectivity index (χ3v) is 2.68. The van der Waals surface area contributed by atoms with Crippen molar-refractivity contribution in [2.24, 2.45) is 5.92 Å². The molecule has 0 radical (unpaired) electrons. The van der Waals surface area contributed by atoms with Gasteiger partial charge in [-0.05, 0) is 17.2 Å². The number of carbonyl (C=O) groups excluding carboxylic acids is 1. The molecule has 0 fully saturated rings. The molecular weight excluding hydrogens is 196 g/mol. The molecule has 0 saturated carbocycles. The zero-order valence-electron chi connectivity index (χ0n) is 8.89. The summed E-state index contributed by atoms with van der Waals surface area (Å²) in [7, 11) is 0. The minimum Gasteiger partial charge on any atom is -0.233 e. The van der Waals surface area contributed by atoms with E-state index in [0.29, 0.717) is 5.57 Å². The van der Waals surface area contributed by atoms with Crippen LogP contribution in [-0.2, 0) is 4.79 Å². The van der Waals surface area contributed by atoms with Crippen LogP contribution in [0.15, 0.2) is 66.8 Å². The van der Waals surface area contributed by atoms with Gasteiger partial charge >= 0.3 is 0 Å². The van der Waals surface area contributed by atoms with E-state index in [1.807, 2.05) is 48.4 Å². The van der Waals surface area contributed by atoms with E-state index in [-0.39, 0.29) is 5.92 Å². The van der Waals surface area contributed by atoms with Crippen LogP contribution in [0.1, 0.15) is 5.56 Å². The van der Waals surface area contributed by atoms with Crippen molar-refractivity contribution in [1.82, 2.24) is 0 Å². The number of benzene rings is 1. The van der Waals surface area contributed by atoms with E-state index in [4.69, 9.17) is 0 Å². The molecule has 1 unspecified atom stereocenters. The Morgan fingerprint density at radius 2 is 2.00 bits per heavy atom. The zero-order valence-corrected chi connectivity index (χ0v) is 8.89. The normalized spacial score (nSPS) is 18.9. The van der Waals surface area contributed by atoms with Gasteiger partial charge < -0.3 is 0 Å². The van der Waals surface area contributed by atoms with Crippen molar-refractivity contribution in [2.75, 3.05) is 0 Å². The monoisotopic (exact) mass is 208 g/mol. The summed E-state index contributed by atoms with van der Waals surface area (Å²) < 4.78 is 0. The van der Waals surface area contributed by atoms with Crippen molar-refractivity contribution in [3.8, 4) is 0 Å². The third-order valence-electron chi connectivity index (χ3n) is 2.68. The smallest absolute Gasteiger partial charge is 0.128 e. The highest BCUT2D eigenvalue weighted by Gasteiger charge is 2.18. The first-order chi connectivity index (χ1) is 7.86. The summed E-state index contributed by atoms with van der Waals surface area (Å²) in [6, 6.07) is 10.0. The number of hydrogen-bond donors (Lipinski definition) is 0. The van der Waals surface area contributed by atoms with E-state index >= 15 is 0 Å². The average Bonchev–Trinajstić information content (AvgIpc) is 2.38. The zero-order chi connectivity index (χ0) is 11.4. The van der Waals surface area contributed by atoms with Gasteiger partial charge in [-0.25, -0.2) is 4.79 Å². The lowest BCUT2D eigenvalue weighted by Crippen LogP contribution is -2.06. The second kappa shape index (κ2) is 4.61. The molecule has 1 aliphatic rings. The molecule has 16 heavy (non-hydrogen) atoms. The largest absolute Gasteiger partial charge is 0.233 e. The van der Waals surface area contributed by atoms with Gasteiger partial charge in [0.25, 0.3) is 0 Å². The molecule has 0 spiro atoms. The van der Waals surface area contributed by atoms with Gasteiger partial charge in [-0.3, -0.25) is 0 Å². The number of hydrogen-bond acceptors (Lipinski definition) is 1. The van der Waals surface area contributed by atoms with Gasteiger partial charge in [0.15, 0.2) is 0 Å². The molecule has 1 atom stereocenters. The Labute approximate surface area is 95.1 Å². The molecule has 0 aliphatic heterocycles. The summed E-state index contributed by atoms with van der Waals surface area (Å²) in [5, 5.41) is 0. The Balaban J connectivity index is 2.48. The number of rotatable bonds is 2. The van der Waals surface area contributed by atoms with Gasteiger partial charge in [-0.2, -0.15) is 0 Å². The van der Waals surface area contributed by atoms with E-state index in [1.165, 1.54) is 0 Å². The highest BCUT2D eigenvalue weighted by molar-refractivity contribution is 5.79. The molecule has 1 aromatic carbocycles. The van der Waals surface area contributed by atoms with Gasteiger partial charge in [-0.15, -0.1) is 6.58 Å². The van der Waals surface area contributed by atoms with Crippen molar-refractivity contribution in [2.45, 2.75) is 0 Å². The minimum atomic E-state index is -0.0510. The van der Waals surface area contributed by atoms with Crippen LogP contribution in [0.25, 0.3) is 5.57 Å². The fourth-order valence-electron chi connectivity index (χ4n) is 1.89. The molecular formula is C15H12O. The first-order valence-corrected chi connectivity index (χ1v) is 5.18. The van der Waals surface area contributed by atoms with Crippen molar-refractivity contribution in [1.29, 1.82) is 0 Å². The predicted octanol–water partition coefficient (Wildman–Crippen LogP) is 3.20. The van der Waals surface area contributed by atoms with E-state index in [9.17, 15) is 4.79 Å². The summed E-state index contributed by atoms with van der Waals surface area (Å²) in [4.78, 5) is 10.8. The Bertz CT molecular complexity index is 499. The maximum absolute atomic E-state index is 10.8.